The van der Waals surface area contributed by atoms with E-state index in [0.29, 0.717) is 34.3 Å². The predicted octanol–water partition coefficient (Wildman–Crippen LogP) is 2.69. The summed E-state index contributed by atoms with van der Waals surface area (Å²) in [6.07, 6.45) is 3.70. The van der Waals surface area contributed by atoms with Crippen LogP contribution >= 0.6 is 12.2 Å². The van der Waals surface area contributed by atoms with Gasteiger partial charge in [0.2, 0.25) is 5.91 Å². The number of nitrogens with one attached hydrogen (secondary N) is 3. The maximum absolute atomic E-state index is 12.1. The number of hydrazine groups is 1. The van der Waals surface area contributed by atoms with E-state index >= 15 is 0 Å². The smallest absolute Gasteiger partial charge is 0.244 e. The lowest BCUT2D eigenvalue weighted by atomic mass is 9.78. The van der Waals surface area contributed by atoms with Gasteiger partial charge < -0.3 is 9.84 Å². The number of para-hydroxylation sites is 1. The molecule has 3 rings (SSSR count). The largest absolute Gasteiger partial charge is 0.358 e. The van der Waals surface area contributed by atoms with Gasteiger partial charge in [-0.25, -0.2) is 0 Å². The average Bonchev–Trinajstić information content (AvgIpc) is 3.00. The lowest BCUT2D eigenvalue weighted by Crippen LogP contribution is -2.52. The molecule has 1 aromatic carbocycles. The minimum atomic E-state index is -0.215. The molecule has 134 valence electrons. The van der Waals surface area contributed by atoms with Gasteiger partial charge in [-0.05, 0) is 42.6 Å². The Morgan fingerprint density at radius 2 is 2.08 bits per heavy atom. The number of carbonyl (C=O) groups excluding carboxylic acids is 1. The highest BCUT2D eigenvalue weighted by atomic mass is 32.1. The first kappa shape index (κ1) is 17.7. The number of hydrogen-bond acceptors (Lipinski definition) is 4. The molecule has 0 bridgehead atoms. The van der Waals surface area contributed by atoms with E-state index in [1.54, 1.807) is 0 Å². The molecule has 0 spiro atoms. The average molecular weight is 360 g/mol. The van der Waals surface area contributed by atoms with Gasteiger partial charge >= 0.3 is 0 Å². The number of fused-ring (bicyclic) bond motifs is 1. The molecule has 1 saturated carbocycles. The number of carbonyl (C=O) groups is 1. The molecule has 7 heteroatoms. The van der Waals surface area contributed by atoms with Crippen molar-refractivity contribution in [3.8, 4) is 0 Å². The van der Waals surface area contributed by atoms with Crippen molar-refractivity contribution in [3.05, 3.63) is 30.0 Å². The molecule has 25 heavy (non-hydrogen) atoms. The number of thiocarbonyl (C=S) groups is 1. The van der Waals surface area contributed by atoms with Crippen LogP contribution in [0.15, 0.2) is 28.8 Å². The van der Waals surface area contributed by atoms with Crippen molar-refractivity contribution in [3.63, 3.8) is 0 Å². The predicted molar refractivity (Wildman–Crippen MR) is 101 cm³/mol. The molecule has 6 nitrogen and oxygen atoms in total. The third-order valence-corrected chi connectivity index (χ3v) is 5.34. The molecule has 1 aliphatic rings. The van der Waals surface area contributed by atoms with Crippen LogP contribution in [-0.2, 0) is 11.2 Å². The standard InChI is InChI=1S/C18H24N4O2S/c1-11-6-5-8-14(12(11)2)19-18(25)21-20-17(23)10-15-13-7-3-4-9-16(13)24-22-15/h3-4,7,9,11-12,14H,5-6,8,10H2,1-2H3,(H,20,23)(H2,19,21,25)/t11-,12+,14-/m0/s1. The minimum absolute atomic E-state index is 0.128. The summed E-state index contributed by atoms with van der Waals surface area (Å²) < 4.78 is 5.21. The molecule has 1 aliphatic carbocycles. The summed E-state index contributed by atoms with van der Waals surface area (Å²) >= 11 is 5.30. The second-order valence-electron chi connectivity index (χ2n) is 6.82. The van der Waals surface area contributed by atoms with Gasteiger partial charge in [0.15, 0.2) is 10.7 Å². The summed E-state index contributed by atoms with van der Waals surface area (Å²) in [5, 5.41) is 8.58. The normalized spacial score (nSPS) is 23.2. The molecule has 0 saturated heterocycles. The van der Waals surface area contributed by atoms with E-state index in [9.17, 15) is 4.79 Å². The van der Waals surface area contributed by atoms with E-state index in [2.05, 4.69) is 35.2 Å². The Morgan fingerprint density at radius 3 is 2.92 bits per heavy atom. The maximum atomic E-state index is 12.1. The molecule has 1 aromatic heterocycles. The molecule has 2 aromatic rings. The van der Waals surface area contributed by atoms with Crippen LogP contribution in [0, 0.1) is 11.8 Å². The first-order valence-corrected chi connectivity index (χ1v) is 9.14. The topological polar surface area (TPSA) is 79.2 Å². The summed E-state index contributed by atoms with van der Waals surface area (Å²) in [7, 11) is 0. The summed E-state index contributed by atoms with van der Waals surface area (Å²) in [6, 6.07) is 7.83. The molecule has 0 unspecified atom stereocenters. The van der Waals surface area contributed by atoms with Crippen molar-refractivity contribution < 1.29 is 9.32 Å². The lowest BCUT2D eigenvalue weighted by Gasteiger charge is -2.35. The van der Waals surface area contributed by atoms with Crippen LogP contribution in [0.1, 0.15) is 38.8 Å². The van der Waals surface area contributed by atoms with Gasteiger partial charge in [0, 0.05) is 11.4 Å². The fourth-order valence-electron chi connectivity index (χ4n) is 3.38. The number of benzene rings is 1. The van der Waals surface area contributed by atoms with Crippen LogP contribution in [0.2, 0.25) is 0 Å². The molecule has 1 heterocycles. The van der Waals surface area contributed by atoms with Gasteiger partial charge in [0.1, 0.15) is 5.69 Å². The molecule has 1 amide bonds. The van der Waals surface area contributed by atoms with E-state index in [4.69, 9.17) is 16.7 Å². The molecule has 3 atom stereocenters. The van der Waals surface area contributed by atoms with Crippen LogP contribution in [0.3, 0.4) is 0 Å². The second-order valence-corrected chi connectivity index (χ2v) is 7.23. The number of rotatable bonds is 3. The number of nitrogens with zero attached hydrogens (tertiary/aromatic N) is 1. The number of hydrogen-bond donors (Lipinski definition) is 3. The van der Waals surface area contributed by atoms with E-state index in [1.165, 1.54) is 12.8 Å². The van der Waals surface area contributed by atoms with Gasteiger partial charge in [-0.15, -0.1) is 0 Å². The molecule has 0 radical (unpaired) electrons. The Kier molecular flexibility index (Phi) is 5.53. The van der Waals surface area contributed by atoms with Crippen molar-refractivity contribution >= 4 is 34.2 Å². The first-order valence-electron chi connectivity index (χ1n) is 8.73. The Hall–Kier alpha value is -2.15. The summed E-state index contributed by atoms with van der Waals surface area (Å²) in [6.45, 7) is 4.53. The SMILES string of the molecule is C[C@H]1[C@@H](NC(=S)NNC(=O)Cc2noc3ccccc23)CCC[C@@H]1C. The zero-order valence-corrected chi connectivity index (χ0v) is 15.4. The van der Waals surface area contributed by atoms with Crippen molar-refractivity contribution in [1.29, 1.82) is 0 Å². The van der Waals surface area contributed by atoms with Gasteiger partial charge in [-0.2, -0.15) is 0 Å². The Morgan fingerprint density at radius 1 is 1.28 bits per heavy atom. The number of aromatic nitrogens is 1. The van der Waals surface area contributed by atoms with Crippen LogP contribution in [0.25, 0.3) is 11.0 Å². The van der Waals surface area contributed by atoms with E-state index in [1.807, 2.05) is 24.3 Å². The molecular weight excluding hydrogens is 336 g/mol. The van der Waals surface area contributed by atoms with E-state index in [0.717, 1.165) is 11.8 Å². The zero-order chi connectivity index (χ0) is 17.8. The van der Waals surface area contributed by atoms with Crippen LogP contribution in [-0.4, -0.2) is 22.2 Å². The highest BCUT2D eigenvalue weighted by Crippen LogP contribution is 2.29. The fraction of sp³-hybridized carbons (Fsp3) is 0.500. The highest BCUT2D eigenvalue weighted by molar-refractivity contribution is 7.80. The van der Waals surface area contributed by atoms with Crippen molar-refractivity contribution in [2.75, 3.05) is 0 Å². The molecule has 1 fully saturated rings. The van der Waals surface area contributed by atoms with Crippen molar-refractivity contribution in [2.24, 2.45) is 11.8 Å². The van der Waals surface area contributed by atoms with Gasteiger partial charge in [-0.3, -0.25) is 15.6 Å². The molecule has 3 N–H and O–H groups in total. The monoisotopic (exact) mass is 360 g/mol. The third-order valence-electron chi connectivity index (χ3n) is 5.12. The van der Waals surface area contributed by atoms with E-state index < -0.39 is 0 Å². The Balaban J connectivity index is 1.48. The summed E-state index contributed by atoms with van der Waals surface area (Å²) in [4.78, 5) is 12.1. The summed E-state index contributed by atoms with van der Waals surface area (Å²) in [5.74, 6) is 1.03. The minimum Gasteiger partial charge on any atom is -0.358 e. The van der Waals surface area contributed by atoms with E-state index in [-0.39, 0.29) is 12.3 Å². The third kappa shape index (κ3) is 4.28. The fourth-order valence-corrected chi connectivity index (χ4v) is 3.58. The molecular formula is C18H24N4O2S. The van der Waals surface area contributed by atoms with Crippen LogP contribution < -0.4 is 16.2 Å². The summed E-state index contributed by atoms with van der Waals surface area (Å²) in [5.41, 5.74) is 6.71. The van der Waals surface area contributed by atoms with Crippen molar-refractivity contribution in [1.82, 2.24) is 21.3 Å². The highest BCUT2D eigenvalue weighted by Gasteiger charge is 2.27. The maximum Gasteiger partial charge on any atom is 0.244 e. The zero-order valence-electron chi connectivity index (χ0n) is 14.5. The van der Waals surface area contributed by atoms with Crippen molar-refractivity contribution in [2.45, 2.75) is 45.6 Å². The Labute approximate surface area is 152 Å². The number of amides is 1. The molecule has 0 aliphatic heterocycles. The van der Waals surface area contributed by atoms with Gasteiger partial charge in [0.25, 0.3) is 0 Å². The first-order chi connectivity index (χ1) is 12.0. The van der Waals surface area contributed by atoms with Gasteiger partial charge in [0.05, 0.1) is 6.42 Å². The Bertz CT molecular complexity index is 760. The van der Waals surface area contributed by atoms with Crippen LogP contribution in [0.4, 0.5) is 0 Å². The second kappa shape index (κ2) is 7.82. The quantitative estimate of drug-likeness (QED) is 0.577. The van der Waals surface area contributed by atoms with Gasteiger partial charge in [-0.1, -0.05) is 44.0 Å². The van der Waals surface area contributed by atoms with Crippen LogP contribution in [0.5, 0.6) is 0 Å². The lowest BCUT2D eigenvalue weighted by molar-refractivity contribution is -0.121.